The number of hydrogen-bond acceptors (Lipinski definition) is 4. The highest BCUT2D eigenvalue weighted by atomic mass is 16.5. The normalized spacial score (nSPS) is 10.7. The Labute approximate surface area is 152 Å². The molecular weight excluding hydrogens is 326 g/mol. The van der Waals surface area contributed by atoms with Crippen molar-refractivity contribution in [2.24, 2.45) is 0 Å². The zero-order valence-electron chi connectivity index (χ0n) is 14.4. The Morgan fingerprint density at radius 2 is 1.73 bits per heavy atom. The van der Waals surface area contributed by atoms with E-state index in [0.29, 0.717) is 23.9 Å². The molecule has 1 N–H and O–H groups in total. The summed E-state index contributed by atoms with van der Waals surface area (Å²) in [5.74, 6) is 1.05. The third kappa shape index (κ3) is 4.54. The molecule has 0 bridgehead atoms. The van der Waals surface area contributed by atoms with Crippen molar-refractivity contribution in [3.05, 3.63) is 78.6 Å². The summed E-state index contributed by atoms with van der Waals surface area (Å²) >= 11 is 0. The highest BCUT2D eigenvalue weighted by molar-refractivity contribution is 6.02. The Morgan fingerprint density at radius 3 is 2.46 bits per heavy atom. The second-order valence-electron chi connectivity index (χ2n) is 5.46. The first kappa shape index (κ1) is 17.4. The molecule has 0 aliphatic carbocycles. The number of nitrogens with one attached hydrogen (secondary N) is 1. The minimum atomic E-state index is -0.246. The molecular formula is C21H19N3O2. The molecule has 0 saturated heterocycles. The summed E-state index contributed by atoms with van der Waals surface area (Å²) in [4.78, 5) is 20.8. The van der Waals surface area contributed by atoms with Crippen LogP contribution in [0.1, 0.15) is 12.5 Å². The fourth-order valence-electron chi connectivity index (χ4n) is 2.36. The van der Waals surface area contributed by atoms with Crippen molar-refractivity contribution >= 4 is 17.7 Å². The second-order valence-corrected chi connectivity index (χ2v) is 5.46. The largest absolute Gasteiger partial charge is 0.492 e. The molecule has 1 heterocycles. The second kappa shape index (κ2) is 8.58. The molecule has 5 nitrogen and oxygen atoms in total. The molecule has 1 amide bonds. The van der Waals surface area contributed by atoms with Gasteiger partial charge in [-0.05, 0) is 25.1 Å². The van der Waals surface area contributed by atoms with E-state index in [1.165, 1.54) is 6.08 Å². The number of ether oxygens (including phenoxy) is 1. The standard InChI is InChI=1S/C21H19N3O2/c1-2-26-19-11-7-6-10-18(19)24-20(25)13-12-16-14-22-21(23-15-16)17-8-4-3-5-9-17/h3-15H,2H2,1H3,(H,24,25)/b13-12+. The van der Waals surface area contributed by atoms with E-state index in [0.717, 1.165) is 11.1 Å². The van der Waals surface area contributed by atoms with Crippen LogP contribution in [0, 0.1) is 0 Å². The number of hydrogen-bond donors (Lipinski definition) is 1. The van der Waals surface area contributed by atoms with Gasteiger partial charge in [-0.1, -0.05) is 42.5 Å². The summed E-state index contributed by atoms with van der Waals surface area (Å²) in [7, 11) is 0. The maximum Gasteiger partial charge on any atom is 0.248 e. The minimum absolute atomic E-state index is 0.246. The van der Waals surface area contributed by atoms with Crippen molar-refractivity contribution in [2.75, 3.05) is 11.9 Å². The Bertz CT molecular complexity index is 891. The molecule has 1 aromatic heterocycles. The van der Waals surface area contributed by atoms with Gasteiger partial charge in [0.2, 0.25) is 5.91 Å². The van der Waals surface area contributed by atoms with Crippen LogP contribution in [-0.2, 0) is 4.79 Å². The number of benzene rings is 2. The van der Waals surface area contributed by atoms with Crippen molar-refractivity contribution in [1.29, 1.82) is 0 Å². The average molecular weight is 345 g/mol. The van der Waals surface area contributed by atoms with E-state index in [1.807, 2.05) is 55.5 Å². The SMILES string of the molecule is CCOc1ccccc1NC(=O)/C=C/c1cnc(-c2ccccc2)nc1. The summed E-state index contributed by atoms with van der Waals surface area (Å²) < 4.78 is 5.50. The highest BCUT2D eigenvalue weighted by Gasteiger charge is 2.05. The fraction of sp³-hybridized carbons (Fsp3) is 0.0952. The van der Waals surface area contributed by atoms with E-state index in [2.05, 4.69) is 15.3 Å². The molecule has 0 atom stereocenters. The van der Waals surface area contributed by atoms with Crippen LogP contribution < -0.4 is 10.1 Å². The number of carbonyl (C=O) groups is 1. The molecule has 3 aromatic rings. The van der Waals surface area contributed by atoms with Crippen LogP contribution in [0.25, 0.3) is 17.5 Å². The van der Waals surface area contributed by atoms with Crippen LogP contribution in [-0.4, -0.2) is 22.5 Å². The van der Waals surface area contributed by atoms with E-state index in [1.54, 1.807) is 24.5 Å². The number of para-hydroxylation sites is 2. The van der Waals surface area contributed by atoms with Crippen LogP contribution >= 0.6 is 0 Å². The highest BCUT2D eigenvalue weighted by Crippen LogP contribution is 2.23. The molecule has 0 unspecified atom stereocenters. The van der Waals surface area contributed by atoms with Gasteiger partial charge in [0, 0.05) is 29.6 Å². The maximum atomic E-state index is 12.1. The predicted octanol–water partition coefficient (Wildman–Crippen LogP) is 4.19. The molecule has 0 aliphatic heterocycles. The molecule has 5 heteroatoms. The number of nitrogens with zero attached hydrogens (tertiary/aromatic N) is 2. The Hall–Kier alpha value is -3.47. The molecule has 3 rings (SSSR count). The lowest BCUT2D eigenvalue weighted by atomic mass is 10.2. The molecule has 130 valence electrons. The van der Waals surface area contributed by atoms with E-state index in [-0.39, 0.29) is 5.91 Å². The van der Waals surface area contributed by atoms with Gasteiger partial charge >= 0.3 is 0 Å². The third-order valence-corrected chi connectivity index (χ3v) is 3.58. The lowest BCUT2D eigenvalue weighted by Crippen LogP contribution is -2.09. The monoisotopic (exact) mass is 345 g/mol. The molecule has 0 saturated carbocycles. The van der Waals surface area contributed by atoms with Crippen molar-refractivity contribution in [1.82, 2.24) is 9.97 Å². The lowest BCUT2D eigenvalue weighted by Gasteiger charge is -2.09. The maximum absolute atomic E-state index is 12.1. The van der Waals surface area contributed by atoms with E-state index < -0.39 is 0 Å². The predicted molar refractivity (Wildman–Crippen MR) is 103 cm³/mol. The zero-order chi connectivity index (χ0) is 18.2. The van der Waals surface area contributed by atoms with Crippen LogP contribution in [0.3, 0.4) is 0 Å². The van der Waals surface area contributed by atoms with Gasteiger partial charge < -0.3 is 10.1 Å². The third-order valence-electron chi connectivity index (χ3n) is 3.58. The molecule has 0 fully saturated rings. The lowest BCUT2D eigenvalue weighted by molar-refractivity contribution is -0.111. The van der Waals surface area contributed by atoms with E-state index >= 15 is 0 Å². The quantitative estimate of drug-likeness (QED) is 0.680. The first-order chi connectivity index (χ1) is 12.8. The molecule has 0 aliphatic rings. The summed E-state index contributed by atoms with van der Waals surface area (Å²) in [6.45, 7) is 2.44. The van der Waals surface area contributed by atoms with Crippen LogP contribution in [0.2, 0.25) is 0 Å². The number of aromatic nitrogens is 2. The number of anilines is 1. The van der Waals surface area contributed by atoms with Gasteiger partial charge in [-0.15, -0.1) is 0 Å². The fourth-order valence-corrected chi connectivity index (χ4v) is 2.36. The first-order valence-electron chi connectivity index (χ1n) is 8.34. The van der Waals surface area contributed by atoms with Gasteiger partial charge in [0.15, 0.2) is 5.82 Å². The molecule has 26 heavy (non-hydrogen) atoms. The number of carbonyl (C=O) groups excluding carboxylic acids is 1. The molecule has 0 radical (unpaired) electrons. The smallest absolute Gasteiger partial charge is 0.248 e. The number of amides is 1. The van der Waals surface area contributed by atoms with Crippen LogP contribution in [0.4, 0.5) is 5.69 Å². The Kier molecular flexibility index (Phi) is 5.72. The van der Waals surface area contributed by atoms with Gasteiger partial charge in [-0.25, -0.2) is 9.97 Å². The van der Waals surface area contributed by atoms with Crippen molar-refractivity contribution in [3.8, 4) is 17.1 Å². The van der Waals surface area contributed by atoms with E-state index in [9.17, 15) is 4.79 Å². The van der Waals surface area contributed by atoms with Gasteiger partial charge in [0.1, 0.15) is 5.75 Å². The Balaban J connectivity index is 1.65. The van der Waals surface area contributed by atoms with Gasteiger partial charge in [-0.2, -0.15) is 0 Å². The van der Waals surface area contributed by atoms with Gasteiger partial charge in [0.05, 0.1) is 12.3 Å². The van der Waals surface area contributed by atoms with E-state index in [4.69, 9.17) is 4.74 Å². The van der Waals surface area contributed by atoms with Crippen LogP contribution in [0.15, 0.2) is 73.1 Å². The molecule has 0 spiro atoms. The summed E-state index contributed by atoms with van der Waals surface area (Å²) in [6, 6.07) is 17.1. The average Bonchev–Trinajstić information content (AvgIpc) is 2.69. The number of rotatable bonds is 6. The van der Waals surface area contributed by atoms with Gasteiger partial charge in [-0.3, -0.25) is 4.79 Å². The van der Waals surface area contributed by atoms with Crippen molar-refractivity contribution in [2.45, 2.75) is 6.92 Å². The van der Waals surface area contributed by atoms with Crippen LogP contribution in [0.5, 0.6) is 5.75 Å². The Morgan fingerprint density at radius 1 is 1.04 bits per heavy atom. The minimum Gasteiger partial charge on any atom is -0.492 e. The van der Waals surface area contributed by atoms with Crippen molar-refractivity contribution in [3.63, 3.8) is 0 Å². The zero-order valence-corrected chi connectivity index (χ0v) is 14.4. The topological polar surface area (TPSA) is 64.1 Å². The van der Waals surface area contributed by atoms with Crippen molar-refractivity contribution < 1.29 is 9.53 Å². The van der Waals surface area contributed by atoms with Gasteiger partial charge in [0.25, 0.3) is 0 Å². The summed E-state index contributed by atoms with van der Waals surface area (Å²) in [6.07, 6.45) is 6.50. The molecule has 2 aromatic carbocycles. The summed E-state index contributed by atoms with van der Waals surface area (Å²) in [5, 5.41) is 2.81. The summed E-state index contributed by atoms with van der Waals surface area (Å²) in [5.41, 5.74) is 2.34. The first-order valence-corrected chi connectivity index (χ1v) is 8.34.